The van der Waals surface area contributed by atoms with E-state index < -0.39 is 57.5 Å². The maximum absolute atomic E-state index is 12.5. The Morgan fingerprint density at radius 2 is 1.87 bits per heavy atom. The lowest BCUT2D eigenvalue weighted by Gasteiger charge is -2.44. The lowest BCUT2D eigenvalue weighted by Crippen LogP contribution is -2.71. The Morgan fingerprint density at radius 1 is 1.23 bits per heavy atom. The number of amides is 2. The molecular weight excluding hydrogens is 416 g/mol. The molecule has 2 atom stereocenters. The van der Waals surface area contributed by atoms with Gasteiger partial charge in [-0.2, -0.15) is 0 Å². The Hall–Kier alpha value is -2.93. The van der Waals surface area contributed by atoms with Crippen molar-refractivity contribution in [2.24, 2.45) is 0 Å². The third-order valence-electron chi connectivity index (χ3n) is 4.34. The molecule has 10 nitrogen and oxygen atoms in total. The van der Waals surface area contributed by atoms with Crippen LogP contribution in [0.25, 0.3) is 0 Å². The minimum atomic E-state index is -3.41. The molecule has 0 aliphatic carbocycles. The zero-order valence-corrected chi connectivity index (χ0v) is 16.7. The molecule has 1 heterocycles. The molecule has 5 N–H and O–H groups in total. The first-order valence-electron chi connectivity index (χ1n) is 8.57. The van der Waals surface area contributed by atoms with Gasteiger partial charge < -0.3 is 20.3 Å². The van der Waals surface area contributed by atoms with Gasteiger partial charge >= 0.3 is 0 Å². The molecule has 1 saturated heterocycles. The number of carbonyl (C=O) groups is 2. The number of hydrogen-bond acceptors (Lipinski definition) is 8. The third-order valence-corrected chi connectivity index (χ3v) is 6.19. The molecule has 160 valence electrons. The van der Waals surface area contributed by atoms with Crippen molar-refractivity contribution in [2.75, 3.05) is 25.2 Å². The van der Waals surface area contributed by atoms with E-state index in [1.165, 1.54) is 36.9 Å². The molecule has 0 aromatic heterocycles. The van der Waals surface area contributed by atoms with Crippen LogP contribution in [0.3, 0.4) is 0 Å². The Balaban J connectivity index is 2.14. The predicted octanol–water partition coefficient (Wildman–Crippen LogP) is -2.19. The summed E-state index contributed by atoms with van der Waals surface area (Å²) in [7, 11) is -2.19. The van der Waals surface area contributed by atoms with Crippen LogP contribution in [-0.2, 0) is 19.4 Å². The fourth-order valence-corrected chi connectivity index (χ4v) is 4.77. The van der Waals surface area contributed by atoms with E-state index in [9.17, 15) is 18.0 Å². The molecule has 0 saturated carbocycles. The predicted molar refractivity (Wildman–Crippen MR) is 104 cm³/mol. The van der Waals surface area contributed by atoms with E-state index >= 15 is 0 Å². The minimum Gasteiger partial charge on any atom is -0.393 e. The largest absolute Gasteiger partial charge is 0.393 e. The number of sulfone groups is 1. The first kappa shape index (κ1) is 23.3. The van der Waals surface area contributed by atoms with Gasteiger partial charge in [-0.25, -0.2) is 13.9 Å². The molecule has 1 fully saturated rings. The summed E-state index contributed by atoms with van der Waals surface area (Å²) in [6.45, 7) is -0.496. The highest BCUT2D eigenvalue weighted by molar-refractivity contribution is 7.93. The number of hydroxylamine groups is 1. The van der Waals surface area contributed by atoms with Crippen molar-refractivity contribution in [1.82, 2.24) is 10.8 Å². The van der Waals surface area contributed by atoms with Gasteiger partial charge in [-0.3, -0.25) is 14.8 Å². The van der Waals surface area contributed by atoms with E-state index in [1.807, 2.05) is 0 Å². The SMILES string of the molecule is COC1(C(NC(=O)c2ccc(C#CC#CC(O)CO)cc2)C(=O)NO)CS(=O)(=O)C1. The fourth-order valence-electron chi connectivity index (χ4n) is 2.79. The van der Waals surface area contributed by atoms with Crippen LogP contribution in [-0.4, -0.2) is 78.6 Å². The van der Waals surface area contributed by atoms with Gasteiger partial charge in [0.15, 0.2) is 9.84 Å². The van der Waals surface area contributed by atoms with Gasteiger partial charge in [-0.1, -0.05) is 11.8 Å². The first-order chi connectivity index (χ1) is 14.2. The van der Waals surface area contributed by atoms with Crippen LogP contribution in [0.1, 0.15) is 15.9 Å². The summed E-state index contributed by atoms with van der Waals surface area (Å²) in [6.07, 6.45) is -1.17. The Morgan fingerprint density at radius 3 is 2.37 bits per heavy atom. The first-order valence-corrected chi connectivity index (χ1v) is 10.4. The normalized spacial score (nSPS) is 17.6. The van der Waals surface area contributed by atoms with Crippen LogP contribution >= 0.6 is 0 Å². The monoisotopic (exact) mass is 436 g/mol. The van der Waals surface area contributed by atoms with Gasteiger partial charge in [-0.15, -0.1) is 0 Å². The molecule has 0 spiro atoms. The second-order valence-electron chi connectivity index (χ2n) is 6.48. The second kappa shape index (κ2) is 9.71. The molecule has 0 bridgehead atoms. The molecule has 2 rings (SSSR count). The highest BCUT2D eigenvalue weighted by Gasteiger charge is 2.57. The van der Waals surface area contributed by atoms with E-state index in [0.29, 0.717) is 5.56 Å². The molecule has 1 aromatic carbocycles. The summed E-state index contributed by atoms with van der Waals surface area (Å²) >= 11 is 0. The number of carbonyl (C=O) groups excluding carboxylic acids is 2. The summed E-state index contributed by atoms with van der Waals surface area (Å²) < 4.78 is 28.4. The average Bonchev–Trinajstić information content (AvgIpc) is 2.72. The van der Waals surface area contributed by atoms with Crippen LogP contribution in [0.4, 0.5) is 0 Å². The van der Waals surface area contributed by atoms with Crippen molar-refractivity contribution in [2.45, 2.75) is 17.7 Å². The number of ether oxygens (including phenoxy) is 1. The average molecular weight is 436 g/mol. The Bertz CT molecular complexity index is 1020. The zero-order valence-electron chi connectivity index (χ0n) is 15.9. The highest BCUT2D eigenvalue weighted by atomic mass is 32.2. The van der Waals surface area contributed by atoms with Crippen molar-refractivity contribution >= 4 is 21.7 Å². The smallest absolute Gasteiger partial charge is 0.268 e. The Labute approximate surface area is 173 Å². The molecule has 1 aromatic rings. The molecular formula is C19H20N2O8S. The van der Waals surface area contributed by atoms with Crippen molar-refractivity contribution in [3.63, 3.8) is 0 Å². The quantitative estimate of drug-likeness (QED) is 0.191. The summed E-state index contributed by atoms with van der Waals surface area (Å²) in [4.78, 5) is 24.6. The number of aliphatic hydroxyl groups excluding tert-OH is 2. The van der Waals surface area contributed by atoms with E-state index in [1.54, 1.807) is 0 Å². The van der Waals surface area contributed by atoms with E-state index in [4.69, 9.17) is 20.2 Å². The molecule has 2 amide bonds. The number of aliphatic hydroxyl groups is 2. The van der Waals surface area contributed by atoms with Crippen molar-refractivity contribution in [3.05, 3.63) is 35.4 Å². The number of hydrogen-bond donors (Lipinski definition) is 5. The maximum atomic E-state index is 12.5. The molecule has 1 aliphatic rings. The summed E-state index contributed by atoms with van der Waals surface area (Å²) in [6, 6.07) is 4.47. The topological polar surface area (TPSA) is 162 Å². The van der Waals surface area contributed by atoms with E-state index in [2.05, 4.69) is 29.0 Å². The van der Waals surface area contributed by atoms with Gasteiger partial charge in [0.05, 0.1) is 18.1 Å². The highest BCUT2D eigenvalue weighted by Crippen LogP contribution is 2.31. The van der Waals surface area contributed by atoms with Crippen molar-refractivity contribution in [3.8, 4) is 23.7 Å². The van der Waals surface area contributed by atoms with Gasteiger partial charge in [0, 0.05) is 18.2 Å². The fraction of sp³-hybridized carbons (Fsp3) is 0.368. The van der Waals surface area contributed by atoms with Crippen LogP contribution in [0.15, 0.2) is 24.3 Å². The van der Waals surface area contributed by atoms with Crippen molar-refractivity contribution in [1.29, 1.82) is 0 Å². The van der Waals surface area contributed by atoms with Gasteiger partial charge in [0.2, 0.25) is 0 Å². The van der Waals surface area contributed by atoms with Crippen LogP contribution in [0.2, 0.25) is 0 Å². The molecule has 11 heteroatoms. The van der Waals surface area contributed by atoms with Crippen LogP contribution in [0.5, 0.6) is 0 Å². The number of rotatable bonds is 6. The van der Waals surface area contributed by atoms with Gasteiger partial charge in [0.25, 0.3) is 11.8 Å². The lowest BCUT2D eigenvalue weighted by molar-refractivity contribution is -0.138. The van der Waals surface area contributed by atoms with Crippen molar-refractivity contribution < 1.29 is 38.2 Å². The lowest BCUT2D eigenvalue weighted by atomic mass is 9.95. The summed E-state index contributed by atoms with van der Waals surface area (Å²) in [5.41, 5.74) is 0.608. The minimum absolute atomic E-state index is 0.159. The molecule has 1 aliphatic heterocycles. The number of benzene rings is 1. The molecule has 30 heavy (non-hydrogen) atoms. The van der Waals surface area contributed by atoms with Crippen LogP contribution < -0.4 is 10.8 Å². The standard InChI is InChI=1S/C19H20N2O8S/c1-29-19(11-30(27,28)12-19)16(18(25)21-26)20-17(24)14-8-6-13(7-9-14)4-2-3-5-15(23)10-22/h6-9,15-16,22-23,26H,10-12H2,1H3,(H,20,24)(H,21,25). The number of nitrogens with one attached hydrogen (secondary N) is 2. The van der Waals surface area contributed by atoms with Gasteiger partial charge in [-0.05, 0) is 36.1 Å². The van der Waals surface area contributed by atoms with Crippen LogP contribution in [0, 0.1) is 23.7 Å². The maximum Gasteiger partial charge on any atom is 0.268 e. The molecule has 2 unspecified atom stereocenters. The number of methoxy groups -OCH3 is 1. The third kappa shape index (κ3) is 5.57. The van der Waals surface area contributed by atoms with E-state index in [0.717, 1.165) is 0 Å². The summed E-state index contributed by atoms with van der Waals surface area (Å²) in [5.74, 6) is 7.21. The Kier molecular flexibility index (Phi) is 7.56. The molecule has 0 radical (unpaired) electrons. The zero-order chi connectivity index (χ0) is 22.4. The van der Waals surface area contributed by atoms with E-state index in [-0.39, 0.29) is 5.56 Å². The van der Waals surface area contributed by atoms with Gasteiger partial charge in [0.1, 0.15) is 17.7 Å². The second-order valence-corrected chi connectivity index (χ2v) is 8.54. The summed E-state index contributed by atoms with van der Waals surface area (Å²) in [5, 5.41) is 29.1.